The number of amides is 1. The minimum absolute atomic E-state index is 0.187. The number of aromatic nitrogens is 1. The Morgan fingerprint density at radius 3 is 2.89 bits per heavy atom. The van der Waals surface area contributed by atoms with Gasteiger partial charge in [-0.25, -0.2) is 0 Å². The number of benzene rings is 2. The van der Waals surface area contributed by atoms with E-state index in [1.54, 1.807) is 18.1 Å². The molecule has 0 N–H and O–H groups in total. The van der Waals surface area contributed by atoms with Gasteiger partial charge in [-0.1, -0.05) is 41.0 Å². The van der Waals surface area contributed by atoms with E-state index < -0.39 is 0 Å². The van der Waals surface area contributed by atoms with Crippen molar-refractivity contribution in [3.05, 3.63) is 70.9 Å². The van der Waals surface area contributed by atoms with Crippen LogP contribution in [0.3, 0.4) is 0 Å². The van der Waals surface area contributed by atoms with E-state index in [-0.39, 0.29) is 17.7 Å². The second kappa shape index (κ2) is 8.04. The number of halogens is 1. The van der Waals surface area contributed by atoms with Gasteiger partial charge < -0.3 is 18.9 Å². The molecule has 0 spiro atoms. The molecule has 3 aromatic rings. The molecule has 0 radical (unpaired) electrons. The van der Waals surface area contributed by atoms with Crippen LogP contribution in [0.4, 0.5) is 0 Å². The van der Waals surface area contributed by atoms with Gasteiger partial charge in [-0.15, -0.1) is 0 Å². The zero-order chi connectivity index (χ0) is 19.5. The van der Waals surface area contributed by atoms with E-state index in [1.165, 1.54) is 0 Å². The van der Waals surface area contributed by atoms with Crippen LogP contribution in [0, 0.1) is 0 Å². The van der Waals surface area contributed by atoms with Gasteiger partial charge in [-0.3, -0.25) is 4.79 Å². The second-order valence-electron chi connectivity index (χ2n) is 6.47. The minimum atomic E-state index is -0.221. The molecule has 0 aliphatic carbocycles. The highest BCUT2D eigenvalue weighted by molar-refractivity contribution is 6.30. The molecule has 4 rings (SSSR count). The van der Waals surface area contributed by atoms with Gasteiger partial charge >= 0.3 is 0 Å². The molecule has 1 atom stereocenters. The first-order valence-corrected chi connectivity index (χ1v) is 9.29. The van der Waals surface area contributed by atoms with Gasteiger partial charge in [-0.05, 0) is 29.8 Å². The lowest BCUT2D eigenvalue weighted by molar-refractivity contribution is -0.0231. The molecule has 0 bridgehead atoms. The maximum atomic E-state index is 12.9. The van der Waals surface area contributed by atoms with Gasteiger partial charge in [0.15, 0.2) is 11.5 Å². The molecule has 1 unspecified atom stereocenters. The highest BCUT2D eigenvalue weighted by Gasteiger charge is 2.28. The van der Waals surface area contributed by atoms with E-state index in [1.807, 2.05) is 48.5 Å². The van der Waals surface area contributed by atoms with Crippen molar-refractivity contribution < 1.29 is 18.8 Å². The molecule has 1 amide bonds. The standard InChI is InChI=1S/C21H19ClN2O4/c1-26-17-7-3-5-15(11-17)19-12-18(23-28-19)21(25)24-8-9-27-20(13-24)14-4-2-6-16(22)10-14/h2-7,10-12,20H,8-9,13H2,1H3. The zero-order valence-electron chi connectivity index (χ0n) is 15.3. The summed E-state index contributed by atoms with van der Waals surface area (Å²) >= 11 is 6.07. The molecule has 1 fully saturated rings. The van der Waals surface area contributed by atoms with Gasteiger partial charge in [0.05, 0.1) is 20.3 Å². The predicted molar refractivity (Wildman–Crippen MR) is 105 cm³/mol. The lowest BCUT2D eigenvalue weighted by atomic mass is 10.1. The van der Waals surface area contributed by atoms with Gasteiger partial charge in [-0.2, -0.15) is 0 Å². The Kier molecular flexibility index (Phi) is 5.32. The average Bonchev–Trinajstić information content (AvgIpc) is 3.24. The summed E-state index contributed by atoms with van der Waals surface area (Å²) in [4.78, 5) is 14.6. The molecular weight excluding hydrogens is 380 g/mol. The lowest BCUT2D eigenvalue weighted by Gasteiger charge is -2.32. The third kappa shape index (κ3) is 3.88. The quantitative estimate of drug-likeness (QED) is 0.658. The van der Waals surface area contributed by atoms with Crippen LogP contribution < -0.4 is 4.74 Å². The topological polar surface area (TPSA) is 64.8 Å². The maximum Gasteiger partial charge on any atom is 0.276 e. The summed E-state index contributed by atoms with van der Waals surface area (Å²) in [7, 11) is 1.60. The number of methoxy groups -OCH3 is 1. The average molecular weight is 399 g/mol. The molecule has 144 valence electrons. The van der Waals surface area contributed by atoms with E-state index >= 15 is 0 Å². The van der Waals surface area contributed by atoms with Crippen molar-refractivity contribution in [2.24, 2.45) is 0 Å². The van der Waals surface area contributed by atoms with Crippen LogP contribution in [0.15, 0.2) is 59.1 Å². The summed E-state index contributed by atoms with van der Waals surface area (Å²) in [5.41, 5.74) is 2.01. The number of hydrogen-bond donors (Lipinski definition) is 0. The van der Waals surface area contributed by atoms with Crippen molar-refractivity contribution in [3.63, 3.8) is 0 Å². The first-order valence-electron chi connectivity index (χ1n) is 8.91. The van der Waals surface area contributed by atoms with Crippen molar-refractivity contribution >= 4 is 17.5 Å². The summed E-state index contributed by atoms with van der Waals surface area (Å²) in [6, 6.07) is 16.6. The predicted octanol–water partition coefficient (Wildman–Crippen LogP) is 4.22. The smallest absolute Gasteiger partial charge is 0.276 e. The Hall–Kier alpha value is -2.83. The van der Waals surface area contributed by atoms with E-state index in [0.29, 0.717) is 36.2 Å². The molecule has 2 aromatic carbocycles. The third-order valence-electron chi connectivity index (χ3n) is 4.66. The number of nitrogens with zero attached hydrogens (tertiary/aromatic N) is 2. The van der Waals surface area contributed by atoms with Gasteiger partial charge in [0, 0.05) is 23.2 Å². The minimum Gasteiger partial charge on any atom is -0.497 e. The number of hydrogen-bond acceptors (Lipinski definition) is 5. The number of rotatable bonds is 4. The fraction of sp³-hybridized carbons (Fsp3) is 0.238. The van der Waals surface area contributed by atoms with Crippen LogP contribution >= 0.6 is 11.6 Å². The van der Waals surface area contributed by atoms with Crippen molar-refractivity contribution in [1.29, 1.82) is 0 Å². The first-order chi connectivity index (χ1) is 13.6. The Bertz CT molecular complexity index is 988. The van der Waals surface area contributed by atoms with E-state index in [2.05, 4.69) is 5.16 Å². The molecule has 0 saturated carbocycles. The van der Waals surface area contributed by atoms with Crippen molar-refractivity contribution in [2.75, 3.05) is 26.8 Å². The van der Waals surface area contributed by atoms with Crippen LogP contribution in [0.2, 0.25) is 5.02 Å². The number of morpholine rings is 1. The van der Waals surface area contributed by atoms with E-state index in [4.69, 9.17) is 25.6 Å². The molecule has 2 heterocycles. The van der Waals surface area contributed by atoms with Crippen LogP contribution in [0.25, 0.3) is 11.3 Å². The van der Waals surface area contributed by atoms with Crippen LogP contribution in [0.1, 0.15) is 22.2 Å². The molecule has 1 aliphatic heterocycles. The largest absolute Gasteiger partial charge is 0.497 e. The summed E-state index contributed by atoms with van der Waals surface area (Å²) in [6.45, 7) is 1.38. The molecule has 28 heavy (non-hydrogen) atoms. The number of ether oxygens (including phenoxy) is 2. The van der Waals surface area contributed by atoms with Crippen molar-refractivity contribution in [2.45, 2.75) is 6.10 Å². The summed E-state index contributed by atoms with van der Waals surface area (Å²) in [5, 5.41) is 4.61. The highest BCUT2D eigenvalue weighted by atomic mass is 35.5. The molecule has 7 heteroatoms. The van der Waals surface area contributed by atoms with Gasteiger partial charge in [0.25, 0.3) is 5.91 Å². The summed E-state index contributed by atoms with van der Waals surface area (Å²) in [6.07, 6.45) is -0.221. The van der Waals surface area contributed by atoms with Crippen LogP contribution in [-0.2, 0) is 4.74 Å². The van der Waals surface area contributed by atoms with Crippen molar-refractivity contribution in [3.8, 4) is 17.1 Å². The Labute approximate surface area is 167 Å². The summed E-state index contributed by atoms with van der Waals surface area (Å²) < 4.78 is 16.4. The molecule has 1 saturated heterocycles. The monoisotopic (exact) mass is 398 g/mol. The zero-order valence-corrected chi connectivity index (χ0v) is 16.1. The first kappa shape index (κ1) is 18.5. The van der Waals surface area contributed by atoms with Gasteiger partial charge in [0.2, 0.25) is 0 Å². The normalized spacial score (nSPS) is 16.8. The highest BCUT2D eigenvalue weighted by Crippen LogP contribution is 2.27. The van der Waals surface area contributed by atoms with Gasteiger partial charge in [0.1, 0.15) is 11.9 Å². The molecule has 6 nitrogen and oxygen atoms in total. The third-order valence-corrected chi connectivity index (χ3v) is 4.89. The maximum absolute atomic E-state index is 12.9. The Morgan fingerprint density at radius 2 is 2.07 bits per heavy atom. The number of carbonyl (C=O) groups is 1. The Balaban J connectivity index is 1.50. The second-order valence-corrected chi connectivity index (χ2v) is 6.91. The summed E-state index contributed by atoms with van der Waals surface area (Å²) in [5.74, 6) is 1.04. The molecular formula is C21H19ClN2O4. The van der Waals surface area contributed by atoms with Crippen LogP contribution in [0.5, 0.6) is 5.75 Å². The lowest BCUT2D eigenvalue weighted by Crippen LogP contribution is -2.42. The molecule has 1 aromatic heterocycles. The van der Waals surface area contributed by atoms with Crippen LogP contribution in [-0.4, -0.2) is 42.8 Å². The number of carbonyl (C=O) groups excluding carboxylic acids is 1. The fourth-order valence-corrected chi connectivity index (χ4v) is 3.39. The Morgan fingerprint density at radius 1 is 1.21 bits per heavy atom. The van der Waals surface area contributed by atoms with E-state index in [0.717, 1.165) is 11.1 Å². The fourth-order valence-electron chi connectivity index (χ4n) is 3.19. The SMILES string of the molecule is COc1cccc(-c2cc(C(=O)N3CCOC(c4cccc(Cl)c4)C3)no2)c1. The van der Waals surface area contributed by atoms with E-state index in [9.17, 15) is 4.79 Å². The molecule has 1 aliphatic rings. The van der Waals surface area contributed by atoms with Crippen molar-refractivity contribution in [1.82, 2.24) is 10.1 Å².